The average Bonchev–Trinajstić information content (AvgIpc) is 2.05. The van der Waals surface area contributed by atoms with Gasteiger partial charge in [0.1, 0.15) is 0 Å². The van der Waals surface area contributed by atoms with Crippen molar-refractivity contribution >= 4 is 0 Å². The van der Waals surface area contributed by atoms with Crippen LogP contribution in [0, 0.1) is 6.61 Å². The Morgan fingerprint density at radius 2 is 2.00 bits per heavy atom. The summed E-state index contributed by atoms with van der Waals surface area (Å²) in [6, 6.07) is 0. The number of ether oxygens (including phenoxy) is 2. The summed E-state index contributed by atoms with van der Waals surface area (Å²) in [4.78, 5) is 0. The molecule has 0 aromatic rings. The molecule has 11 heavy (non-hydrogen) atoms. The molecule has 0 aliphatic rings. The van der Waals surface area contributed by atoms with Gasteiger partial charge in [0.15, 0.2) is 6.29 Å². The number of rotatable bonds is 7. The van der Waals surface area contributed by atoms with Crippen LogP contribution < -0.4 is 0 Å². The summed E-state index contributed by atoms with van der Waals surface area (Å²) in [6.45, 7) is 8.78. The first kappa shape index (κ1) is 10.9. The second kappa shape index (κ2) is 8.02. The fraction of sp³-hybridized carbons (Fsp3) is 0.889. The molecule has 1 atom stereocenters. The van der Waals surface area contributed by atoms with Crippen molar-refractivity contribution in [2.75, 3.05) is 6.61 Å². The molecule has 2 nitrogen and oxygen atoms in total. The van der Waals surface area contributed by atoms with Crippen molar-refractivity contribution in [3.8, 4) is 0 Å². The Kier molecular flexibility index (Phi) is 7.96. The van der Waals surface area contributed by atoms with E-state index in [1.165, 1.54) is 0 Å². The molecular formula is C9H19O2. The third-order valence-corrected chi connectivity index (χ3v) is 1.26. The van der Waals surface area contributed by atoms with Crippen LogP contribution in [0.2, 0.25) is 0 Å². The van der Waals surface area contributed by atoms with Crippen LogP contribution in [-0.4, -0.2) is 12.9 Å². The van der Waals surface area contributed by atoms with E-state index in [9.17, 15) is 0 Å². The highest BCUT2D eigenvalue weighted by Gasteiger charge is 2.04. The fourth-order valence-electron chi connectivity index (χ4n) is 0.706. The van der Waals surface area contributed by atoms with Gasteiger partial charge < -0.3 is 9.47 Å². The van der Waals surface area contributed by atoms with E-state index in [2.05, 4.69) is 13.8 Å². The molecule has 0 heterocycles. The average molecular weight is 159 g/mol. The minimum absolute atomic E-state index is 0.0325. The van der Waals surface area contributed by atoms with Gasteiger partial charge in [-0.2, -0.15) is 0 Å². The van der Waals surface area contributed by atoms with Crippen LogP contribution in [0.15, 0.2) is 0 Å². The molecule has 0 aliphatic heterocycles. The highest BCUT2D eigenvalue weighted by atomic mass is 16.7. The zero-order valence-corrected chi connectivity index (χ0v) is 7.80. The third kappa shape index (κ3) is 6.32. The van der Waals surface area contributed by atoms with Crippen LogP contribution in [0.5, 0.6) is 0 Å². The minimum Gasteiger partial charge on any atom is -0.353 e. The van der Waals surface area contributed by atoms with Crippen molar-refractivity contribution in [3.05, 3.63) is 6.61 Å². The lowest BCUT2D eigenvalue weighted by molar-refractivity contribution is -0.122. The van der Waals surface area contributed by atoms with Crippen LogP contribution >= 0.6 is 0 Å². The fourth-order valence-corrected chi connectivity index (χ4v) is 0.706. The van der Waals surface area contributed by atoms with Crippen LogP contribution in [0.3, 0.4) is 0 Å². The van der Waals surface area contributed by atoms with Gasteiger partial charge in [-0.15, -0.1) is 0 Å². The van der Waals surface area contributed by atoms with Gasteiger partial charge in [-0.1, -0.05) is 20.8 Å². The molecule has 67 valence electrons. The first-order chi connectivity index (χ1) is 5.35. The highest BCUT2D eigenvalue weighted by Crippen LogP contribution is 2.03. The molecule has 0 rings (SSSR count). The third-order valence-electron chi connectivity index (χ3n) is 1.26. The molecular weight excluding hydrogens is 140 g/mol. The highest BCUT2D eigenvalue weighted by molar-refractivity contribution is 4.48. The molecule has 1 radical (unpaired) electrons. The second-order valence-corrected chi connectivity index (χ2v) is 2.42. The van der Waals surface area contributed by atoms with Gasteiger partial charge in [0.05, 0.1) is 6.61 Å². The zero-order chi connectivity index (χ0) is 8.53. The minimum atomic E-state index is -0.0325. The summed E-state index contributed by atoms with van der Waals surface area (Å²) < 4.78 is 10.7. The molecule has 0 aliphatic carbocycles. The smallest absolute Gasteiger partial charge is 0.157 e. The van der Waals surface area contributed by atoms with E-state index in [1.54, 1.807) is 6.61 Å². The SMILES string of the molecule is CC[CH]OC(CC)OCCC. The maximum absolute atomic E-state index is 5.39. The molecule has 0 aromatic carbocycles. The van der Waals surface area contributed by atoms with E-state index in [0.29, 0.717) is 0 Å². The number of hydrogen-bond acceptors (Lipinski definition) is 2. The summed E-state index contributed by atoms with van der Waals surface area (Å²) in [7, 11) is 0. The molecule has 1 unspecified atom stereocenters. The van der Waals surface area contributed by atoms with Gasteiger partial charge >= 0.3 is 0 Å². The quantitative estimate of drug-likeness (QED) is 0.532. The Bertz CT molecular complexity index is 66.0. The van der Waals surface area contributed by atoms with E-state index in [-0.39, 0.29) is 6.29 Å². The van der Waals surface area contributed by atoms with Gasteiger partial charge in [0.2, 0.25) is 0 Å². The van der Waals surface area contributed by atoms with Crippen LogP contribution in [0.25, 0.3) is 0 Å². The van der Waals surface area contributed by atoms with Crippen molar-refractivity contribution in [1.29, 1.82) is 0 Å². The Labute approximate surface area is 69.9 Å². The molecule has 0 amide bonds. The molecule has 0 spiro atoms. The topological polar surface area (TPSA) is 18.5 Å². The Morgan fingerprint density at radius 3 is 2.45 bits per heavy atom. The van der Waals surface area contributed by atoms with E-state index in [4.69, 9.17) is 9.47 Å². The maximum atomic E-state index is 5.39. The van der Waals surface area contributed by atoms with Gasteiger partial charge in [-0.05, 0) is 19.3 Å². The van der Waals surface area contributed by atoms with Gasteiger partial charge in [0.25, 0.3) is 0 Å². The molecule has 0 fully saturated rings. The Morgan fingerprint density at radius 1 is 1.27 bits per heavy atom. The Hall–Kier alpha value is -0.0800. The summed E-state index contributed by atoms with van der Waals surface area (Å²) in [5.74, 6) is 0. The lowest BCUT2D eigenvalue weighted by atomic mass is 10.4. The van der Waals surface area contributed by atoms with Crippen molar-refractivity contribution < 1.29 is 9.47 Å². The second-order valence-electron chi connectivity index (χ2n) is 2.42. The monoisotopic (exact) mass is 159 g/mol. The van der Waals surface area contributed by atoms with E-state index in [1.807, 2.05) is 6.92 Å². The number of hydrogen-bond donors (Lipinski definition) is 0. The lowest BCUT2D eigenvalue weighted by Crippen LogP contribution is -2.15. The van der Waals surface area contributed by atoms with Crippen LogP contribution in [0.1, 0.15) is 40.0 Å². The predicted octanol–water partition coefficient (Wildman–Crippen LogP) is 2.74. The first-order valence-corrected chi connectivity index (χ1v) is 4.43. The summed E-state index contributed by atoms with van der Waals surface area (Å²) in [6.07, 6.45) is 2.86. The summed E-state index contributed by atoms with van der Waals surface area (Å²) in [5.41, 5.74) is 0. The summed E-state index contributed by atoms with van der Waals surface area (Å²) >= 11 is 0. The molecule has 2 heteroatoms. The maximum Gasteiger partial charge on any atom is 0.157 e. The predicted molar refractivity (Wildman–Crippen MR) is 46.0 cm³/mol. The largest absolute Gasteiger partial charge is 0.353 e. The van der Waals surface area contributed by atoms with Gasteiger partial charge in [-0.3, -0.25) is 0 Å². The molecule has 0 bridgehead atoms. The van der Waals surface area contributed by atoms with Gasteiger partial charge in [-0.25, -0.2) is 0 Å². The Balaban J connectivity index is 3.25. The van der Waals surface area contributed by atoms with Crippen molar-refractivity contribution in [2.45, 2.75) is 46.3 Å². The normalized spacial score (nSPS) is 10.9. The van der Waals surface area contributed by atoms with Gasteiger partial charge in [0, 0.05) is 6.61 Å². The first-order valence-electron chi connectivity index (χ1n) is 4.43. The molecule has 0 N–H and O–H groups in total. The zero-order valence-electron chi connectivity index (χ0n) is 7.80. The van der Waals surface area contributed by atoms with E-state index in [0.717, 1.165) is 25.9 Å². The van der Waals surface area contributed by atoms with Crippen molar-refractivity contribution in [2.24, 2.45) is 0 Å². The summed E-state index contributed by atoms with van der Waals surface area (Å²) in [5, 5.41) is 0. The molecule has 0 saturated heterocycles. The molecule has 0 aromatic heterocycles. The standard InChI is InChI=1S/C9H19O2/c1-4-7-10-9(6-3)11-8-5-2/h7,9H,4-6,8H2,1-3H3. The van der Waals surface area contributed by atoms with E-state index >= 15 is 0 Å². The lowest BCUT2D eigenvalue weighted by Gasteiger charge is -2.15. The van der Waals surface area contributed by atoms with Crippen molar-refractivity contribution in [3.63, 3.8) is 0 Å². The molecule has 0 saturated carbocycles. The van der Waals surface area contributed by atoms with Crippen molar-refractivity contribution in [1.82, 2.24) is 0 Å². The van der Waals surface area contributed by atoms with Crippen LogP contribution in [0.4, 0.5) is 0 Å². The van der Waals surface area contributed by atoms with Crippen LogP contribution in [-0.2, 0) is 9.47 Å². The van der Waals surface area contributed by atoms with E-state index < -0.39 is 0 Å².